The van der Waals surface area contributed by atoms with E-state index in [9.17, 15) is 9.59 Å². The van der Waals surface area contributed by atoms with Crippen LogP contribution in [0.2, 0.25) is 0 Å². The first-order valence-electron chi connectivity index (χ1n) is 8.39. The van der Waals surface area contributed by atoms with Gasteiger partial charge in [-0.15, -0.1) is 0 Å². The second kappa shape index (κ2) is 9.80. The van der Waals surface area contributed by atoms with Crippen LogP contribution in [-0.4, -0.2) is 43.4 Å². The lowest BCUT2D eigenvalue weighted by Gasteiger charge is -2.13. The molecular formula is C21H27NO3. The van der Waals surface area contributed by atoms with E-state index in [-0.39, 0.29) is 17.2 Å². The first-order chi connectivity index (χ1) is 11.7. The fourth-order valence-corrected chi connectivity index (χ4v) is 1.96. The molecular weight excluding hydrogens is 314 g/mol. The highest BCUT2D eigenvalue weighted by molar-refractivity contribution is 5.98. The van der Waals surface area contributed by atoms with Gasteiger partial charge in [-0.1, -0.05) is 30.0 Å². The van der Waals surface area contributed by atoms with Crippen molar-refractivity contribution in [2.45, 2.75) is 27.7 Å². The Morgan fingerprint density at radius 3 is 2.32 bits per heavy atom. The van der Waals surface area contributed by atoms with Crippen molar-refractivity contribution < 1.29 is 14.3 Å². The minimum atomic E-state index is -0.375. The van der Waals surface area contributed by atoms with Crippen molar-refractivity contribution in [3.63, 3.8) is 0 Å². The van der Waals surface area contributed by atoms with Crippen molar-refractivity contribution in [3.05, 3.63) is 47.5 Å². The Balaban J connectivity index is 2.53. The molecule has 0 aliphatic carbocycles. The smallest absolute Gasteiger partial charge is 0.338 e. The summed E-state index contributed by atoms with van der Waals surface area (Å²) in [5.41, 5.74) is 1.02. The number of ketones is 1. The average molecular weight is 341 g/mol. The van der Waals surface area contributed by atoms with Gasteiger partial charge < -0.3 is 4.74 Å². The molecule has 0 spiro atoms. The van der Waals surface area contributed by atoms with E-state index < -0.39 is 0 Å². The van der Waals surface area contributed by atoms with Crippen molar-refractivity contribution in [3.8, 4) is 11.8 Å². The molecule has 0 saturated heterocycles. The van der Waals surface area contributed by atoms with Crippen molar-refractivity contribution >= 4 is 11.8 Å². The number of benzene rings is 1. The molecule has 1 aromatic carbocycles. The molecule has 1 aromatic rings. The summed E-state index contributed by atoms with van der Waals surface area (Å²) in [7, 11) is 1.88. The predicted molar refractivity (Wildman–Crippen MR) is 101 cm³/mol. The SMILES string of the molecule is CCOC(=O)c1ccc(C(=O)CN(C)C/C=C/C#CC(C)(C)C)cc1. The zero-order valence-corrected chi connectivity index (χ0v) is 15.8. The average Bonchev–Trinajstić information content (AvgIpc) is 2.53. The number of ether oxygens (including phenoxy) is 1. The van der Waals surface area contributed by atoms with E-state index in [0.29, 0.717) is 30.8 Å². The summed E-state index contributed by atoms with van der Waals surface area (Å²) in [6.45, 7) is 9.22. The van der Waals surface area contributed by atoms with Gasteiger partial charge in [0.15, 0.2) is 5.78 Å². The number of carbonyl (C=O) groups excluding carboxylic acids is 2. The molecule has 0 fully saturated rings. The lowest BCUT2D eigenvalue weighted by Crippen LogP contribution is -2.26. The molecule has 4 heteroatoms. The minimum absolute atomic E-state index is 0.00656. The Bertz CT molecular complexity index is 670. The normalized spacial score (nSPS) is 11.3. The molecule has 25 heavy (non-hydrogen) atoms. The van der Waals surface area contributed by atoms with E-state index in [1.165, 1.54) is 0 Å². The Morgan fingerprint density at radius 1 is 1.16 bits per heavy atom. The van der Waals surface area contributed by atoms with Gasteiger partial charge >= 0.3 is 5.97 Å². The molecule has 0 amide bonds. The highest BCUT2D eigenvalue weighted by Gasteiger charge is 2.11. The fraction of sp³-hybridized carbons (Fsp3) is 0.429. The van der Waals surface area contributed by atoms with Gasteiger partial charge in [-0.2, -0.15) is 0 Å². The molecule has 0 unspecified atom stereocenters. The van der Waals surface area contributed by atoms with E-state index in [0.717, 1.165) is 0 Å². The van der Waals surface area contributed by atoms with Gasteiger partial charge in [0.25, 0.3) is 0 Å². The maximum Gasteiger partial charge on any atom is 0.338 e. The van der Waals surface area contributed by atoms with Gasteiger partial charge in [0.2, 0.25) is 0 Å². The Labute approximate surface area is 150 Å². The molecule has 0 bridgehead atoms. The monoisotopic (exact) mass is 341 g/mol. The van der Waals surface area contributed by atoms with E-state index >= 15 is 0 Å². The van der Waals surface area contributed by atoms with Crippen LogP contribution >= 0.6 is 0 Å². The topological polar surface area (TPSA) is 46.6 Å². The highest BCUT2D eigenvalue weighted by Crippen LogP contribution is 2.09. The maximum absolute atomic E-state index is 12.3. The molecule has 0 saturated carbocycles. The number of likely N-dealkylation sites (N-methyl/N-ethyl adjacent to an activating group) is 1. The molecule has 0 heterocycles. The number of allylic oxidation sites excluding steroid dienone is 1. The molecule has 0 radical (unpaired) electrons. The first-order valence-corrected chi connectivity index (χ1v) is 8.39. The van der Waals surface area contributed by atoms with E-state index in [4.69, 9.17) is 4.74 Å². The number of carbonyl (C=O) groups is 2. The molecule has 0 N–H and O–H groups in total. The Kier molecular flexibility index (Phi) is 8.10. The van der Waals surface area contributed by atoms with Gasteiger partial charge in [0.1, 0.15) is 0 Å². The van der Waals surface area contributed by atoms with Crippen molar-refractivity contribution in [2.24, 2.45) is 5.41 Å². The molecule has 0 aliphatic rings. The lowest BCUT2D eigenvalue weighted by molar-refractivity contribution is 0.0526. The summed E-state index contributed by atoms with van der Waals surface area (Å²) in [5.74, 6) is 5.76. The molecule has 4 nitrogen and oxygen atoms in total. The van der Waals surface area contributed by atoms with Crippen LogP contribution in [0.3, 0.4) is 0 Å². The van der Waals surface area contributed by atoms with Gasteiger partial charge in [0.05, 0.1) is 18.7 Å². The van der Waals surface area contributed by atoms with Crippen LogP contribution in [0.5, 0.6) is 0 Å². The summed E-state index contributed by atoms with van der Waals surface area (Å²) in [4.78, 5) is 25.8. The number of esters is 1. The molecule has 0 aliphatic heterocycles. The summed E-state index contributed by atoms with van der Waals surface area (Å²) >= 11 is 0. The quantitative estimate of drug-likeness (QED) is 0.432. The van der Waals surface area contributed by atoms with E-state index in [2.05, 4.69) is 32.6 Å². The predicted octanol–water partition coefficient (Wildman–Crippen LogP) is 3.58. The molecule has 0 aromatic heterocycles. The number of hydrogen-bond donors (Lipinski definition) is 0. The number of hydrogen-bond acceptors (Lipinski definition) is 4. The minimum Gasteiger partial charge on any atom is -0.462 e. The summed E-state index contributed by atoms with van der Waals surface area (Å²) in [6.07, 6.45) is 3.76. The second-order valence-corrected chi connectivity index (χ2v) is 6.84. The van der Waals surface area contributed by atoms with Crippen LogP contribution in [0, 0.1) is 17.3 Å². The first kappa shape index (κ1) is 20.7. The van der Waals surface area contributed by atoms with Gasteiger partial charge in [-0.3, -0.25) is 9.69 Å². The second-order valence-electron chi connectivity index (χ2n) is 6.84. The molecule has 134 valence electrons. The zero-order chi connectivity index (χ0) is 18.9. The van der Waals surface area contributed by atoms with Crippen molar-refractivity contribution in [2.75, 3.05) is 26.7 Å². The van der Waals surface area contributed by atoms with Gasteiger partial charge in [0, 0.05) is 17.5 Å². The fourth-order valence-electron chi connectivity index (χ4n) is 1.96. The third-order valence-corrected chi connectivity index (χ3v) is 3.20. The lowest BCUT2D eigenvalue weighted by atomic mass is 9.98. The number of nitrogens with zero attached hydrogens (tertiary/aromatic N) is 1. The van der Waals surface area contributed by atoms with Crippen LogP contribution in [0.4, 0.5) is 0 Å². The van der Waals surface area contributed by atoms with Crippen molar-refractivity contribution in [1.82, 2.24) is 4.90 Å². The molecule has 1 rings (SSSR count). The molecule has 0 atom stereocenters. The van der Waals surface area contributed by atoms with Gasteiger partial charge in [-0.25, -0.2) is 4.79 Å². The van der Waals surface area contributed by atoms with E-state index in [1.807, 2.05) is 24.1 Å². The van der Waals surface area contributed by atoms with Gasteiger partial charge in [-0.05, 0) is 53.0 Å². The summed E-state index contributed by atoms with van der Waals surface area (Å²) < 4.78 is 4.93. The standard InChI is InChI=1S/C21H27NO3/c1-6-25-20(24)18-12-10-17(11-13-18)19(23)16-22(5)15-9-7-8-14-21(2,3)4/h7,9-13H,6,15-16H2,1-5H3/b9-7+. The van der Waals surface area contributed by atoms with E-state index in [1.54, 1.807) is 31.2 Å². The largest absolute Gasteiger partial charge is 0.462 e. The van der Waals surface area contributed by atoms with Crippen LogP contribution in [-0.2, 0) is 4.74 Å². The highest BCUT2D eigenvalue weighted by atomic mass is 16.5. The maximum atomic E-state index is 12.3. The van der Waals surface area contributed by atoms with Crippen LogP contribution in [0.1, 0.15) is 48.4 Å². The zero-order valence-electron chi connectivity index (χ0n) is 15.8. The van der Waals surface area contributed by atoms with Crippen molar-refractivity contribution in [1.29, 1.82) is 0 Å². The number of Topliss-reactive ketones (excluding diaryl/α,β-unsaturated/α-hetero) is 1. The van der Waals surface area contributed by atoms with Crippen LogP contribution in [0.15, 0.2) is 36.4 Å². The third-order valence-electron chi connectivity index (χ3n) is 3.20. The Hall–Kier alpha value is -2.38. The Morgan fingerprint density at radius 2 is 1.76 bits per heavy atom. The van der Waals surface area contributed by atoms with Crippen LogP contribution in [0.25, 0.3) is 0 Å². The summed E-state index contributed by atoms with van der Waals surface area (Å²) in [6, 6.07) is 6.56. The van der Waals surface area contributed by atoms with Crippen LogP contribution < -0.4 is 0 Å². The number of rotatable bonds is 7. The summed E-state index contributed by atoms with van der Waals surface area (Å²) in [5, 5.41) is 0. The third kappa shape index (κ3) is 8.32.